The minimum absolute atomic E-state index is 0.434. The number of hydrogen-bond acceptors (Lipinski definition) is 1. The number of rotatable bonds is 2. The molecule has 0 atom stereocenters. The first-order chi connectivity index (χ1) is 3.92. The van der Waals surface area contributed by atoms with Crippen LogP contribution in [0.3, 0.4) is 0 Å². The van der Waals surface area contributed by atoms with Crippen molar-refractivity contribution in [1.29, 1.82) is 0 Å². The predicted molar refractivity (Wildman–Crippen MR) is 46.7 cm³/mol. The maximum Gasteiger partial charge on any atom is 0.00252 e. The standard InChI is InChI=1S/C8H16S/c1-7(2)9-6-8(3,4)5/h1,6H2,2-5H3. The van der Waals surface area contributed by atoms with Crippen LogP contribution in [-0.2, 0) is 0 Å². The van der Waals surface area contributed by atoms with Crippen molar-refractivity contribution in [2.45, 2.75) is 27.7 Å². The largest absolute Gasteiger partial charge is 0.131 e. The molecule has 0 rings (SSSR count). The molecule has 0 aromatic carbocycles. The Hall–Kier alpha value is 0.0900. The van der Waals surface area contributed by atoms with Crippen LogP contribution in [0.4, 0.5) is 0 Å². The van der Waals surface area contributed by atoms with Gasteiger partial charge in [0.05, 0.1) is 0 Å². The summed E-state index contributed by atoms with van der Waals surface area (Å²) in [5.41, 5.74) is 0.434. The molecule has 1 heteroatoms. The summed E-state index contributed by atoms with van der Waals surface area (Å²) < 4.78 is 0. The summed E-state index contributed by atoms with van der Waals surface area (Å²) in [5.74, 6) is 1.17. The first kappa shape index (κ1) is 9.09. The van der Waals surface area contributed by atoms with Gasteiger partial charge in [-0.3, -0.25) is 0 Å². The second-order valence-electron chi connectivity index (χ2n) is 3.55. The van der Waals surface area contributed by atoms with Gasteiger partial charge in [0, 0.05) is 5.75 Å². The molecule has 0 spiro atoms. The molecular weight excluding hydrogens is 128 g/mol. The second kappa shape index (κ2) is 3.31. The molecule has 0 nitrogen and oxygen atoms in total. The molecule has 0 bridgehead atoms. The van der Waals surface area contributed by atoms with Gasteiger partial charge in [0.15, 0.2) is 0 Å². The lowest BCUT2D eigenvalue weighted by Crippen LogP contribution is -2.07. The molecule has 0 aliphatic carbocycles. The Balaban J connectivity index is 3.39. The van der Waals surface area contributed by atoms with E-state index < -0.39 is 0 Å². The van der Waals surface area contributed by atoms with Gasteiger partial charge < -0.3 is 0 Å². The third kappa shape index (κ3) is 8.09. The highest BCUT2D eigenvalue weighted by Crippen LogP contribution is 2.24. The second-order valence-corrected chi connectivity index (χ2v) is 4.83. The molecule has 0 aliphatic heterocycles. The van der Waals surface area contributed by atoms with Crippen LogP contribution < -0.4 is 0 Å². The lowest BCUT2D eigenvalue weighted by molar-refractivity contribution is 0.481. The van der Waals surface area contributed by atoms with Gasteiger partial charge in [-0.2, -0.15) is 0 Å². The molecule has 0 aromatic heterocycles. The molecule has 0 aliphatic rings. The minimum atomic E-state index is 0.434. The maximum absolute atomic E-state index is 3.82. The highest BCUT2D eigenvalue weighted by atomic mass is 32.2. The molecule has 0 saturated carbocycles. The van der Waals surface area contributed by atoms with E-state index in [1.807, 2.05) is 11.8 Å². The van der Waals surface area contributed by atoms with E-state index in [0.29, 0.717) is 5.41 Å². The van der Waals surface area contributed by atoms with E-state index in [1.54, 1.807) is 0 Å². The zero-order chi connectivity index (χ0) is 7.49. The lowest BCUT2D eigenvalue weighted by atomic mass is 10.0. The topological polar surface area (TPSA) is 0 Å². The van der Waals surface area contributed by atoms with E-state index in [4.69, 9.17) is 0 Å². The molecular formula is C8H16S. The fourth-order valence-electron chi connectivity index (χ4n) is 0.340. The van der Waals surface area contributed by atoms with Crippen molar-refractivity contribution < 1.29 is 0 Å². The molecule has 0 radical (unpaired) electrons. The molecule has 0 amide bonds. The summed E-state index contributed by atoms with van der Waals surface area (Å²) in [6.07, 6.45) is 0. The Morgan fingerprint density at radius 3 is 2.00 bits per heavy atom. The van der Waals surface area contributed by atoms with Crippen molar-refractivity contribution in [3.8, 4) is 0 Å². The van der Waals surface area contributed by atoms with Crippen LogP contribution in [0.5, 0.6) is 0 Å². The van der Waals surface area contributed by atoms with Crippen LogP contribution in [0.15, 0.2) is 11.5 Å². The van der Waals surface area contributed by atoms with Crippen molar-refractivity contribution in [3.63, 3.8) is 0 Å². The number of thioether (sulfide) groups is 1. The van der Waals surface area contributed by atoms with Gasteiger partial charge in [-0.15, -0.1) is 11.8 Å². The summed E-state index contributed by atoms with van der Waals surface area (Å²) in [5, 5.41) is 0. The molecule has 54 valence electrons. The van der Waals surface area contributed by atoms with Crippen LogP contribution in [0.1, 0.15) is 27.7 Å². The quantitative estimate of drug-likeness (QED) is 0.573. The van der Waals surface area contributed by atoms with Crippen molar-refractivity contribution in [2.24, 2.45) is 5.41 Å². The van der Waals surface area contributed by atoms with Gasteiger partial charge in [0.2, 0.25) is 0 Å². The molecule has 0 heterocycles. The zero-order valence-corrected chi connectivity index (χ0v) is 7.64. The van der Waals surface area contributed by atoms with Gasteiger partial charge in [-0.1, -0.05) is 27.4 Å². The summed E-state index contributed by atoms with van der Waals surface area (Å²) in [4.78, 5) is 1.21. The number of hydrogen-bond donors (Lipinski definition) is 0. The smallest absolute Gasteiger partial charge is 0.00252 e. The molecule has 0 fully saturated rings. The van der Waals surface area contributed by atoms with E-state index in [0.717, 1.165) is 0 Å². The van der Waals surface area contributed by atoms with Crippen LogP contribution in [0.25, 0.3) is 0 Å². The molecule has 9 heavy (non-hydrogen) atoms. The highest BCUT2D eigenvalue weighted by molar-refractivity contribution is 8.03. The Kier molecular flexibility index (Phi) is 3.34. The summed E-state index contributed by atoms with van der Waals surface area (Å²) in [7, 11) is 0. The van der Waals surface area contributed by atoms with Crippen LogP contribution in [0.2, 0.25) is 0 Å². The Bertz CT molecular complexity index is 97.6. The molecule has 0 saturated heterocycles. The maximum atomic E-state index is 3.82. The third-order valence-electron chi connectivity index (χ3n) is 0.752. The fraction of sp³-hybridized carbons (Fsp3) is 0.750. The van der Waals surface area contributed by atoms with E-state index in [1.165, 1.54) is 10.7 Å². The van der Waals surface area contributed by atoms with Crippen LogP contribution >= 0.6 is 11.8 Å². The highest BCUT2D eigenvalue weighted by Gasteiger charge is 2.08. The van der Waals surface area contributed by atoms with Crippen molar-refractivity contribution in [3.05, 3.63) is 11.5 Å². The van der Waals surface area contributed by atoms with Crippen LogP contribution in [-0.4, -0.2) is 5.75 Å². The van der Waals surface area contributed by atoms with E-state index >= 15 is 0 Å². The monoisotopic (exact) mass is 144 g/mol. The van der Waals surface area contributed by atoms with Crippen molar-refractivity contribution >= 4 is 11.8 Å². The SMILES string of the molecule is C=C(C)SCC(C)(C)C. The number of allylic oxidation sites excluding steroid dienone is 1. The van der Waals surface area contributed by atoms with E-state index in [-0.39, 0.29) is 0 Å². The van der Waals surface area contributed by atoms with Gasteiger partial charge in [-0.25, -0.2) is 0 Å². The van der Waals surface area contributed by atoms with Crippen molar-refractivity contribution in [2.75, 3.05) is 5.75 Å². The molecule has 0 unspecified atom stereocenters. The Morgan fingerprint density at radius 1 is 1.44 bits per heavy atom. The first-order valence-corrected chi connectivity index (χ1v) is 4.19. The van der Waals surface area contributed by atoms with E-state index in [9.17, 15) is 0 Å². The third-order valence-corrected chi connectivity index (χ3v) is 2.25. The van der Waals surface area contributed by atoms with Gasteiger partial charge >= 0.3 is 0 Å². The molecule has 0 N–H and O–H groups in total. The Labute approximate surface area is 62.7 Å². The Morgan fingerprint density at radius 2 is 1.89 bits per heavy atom. The normalized spacial score (nSPS) is 11.6. The summed E-state index contributed by atoms with van der Waals surface area (Å²) in [6, 6.07) is 0. The molecule has 0 aromatic rings. The lowest BCUT2D eigenvalue weighted by Gasteiger charge is -2.16. The minimum Gasteiger partial charge on any atom is -0.131 e. The first-order valence-electron chi connectivity index (χ1n) is 3.20. The predicted octanol–water partition coefficient (Wildman–Crippen LogP) is 3.30. The van der Waals surface area contributed by atoms with Gasteiger partial charge in [0.1, 0.15) is 0 Å². The summed E-state index contributed by atoms with van der Waals surface area (Å²) >= 11 is 1.84. The summed E-state index contributed by atoms with van der Waals surface area (Å²) in [6.45, 7) is 12.6. The van der Waals surface area contributed by atoms with Crippen molar-refractivity contribution in [1.82, 2.24) is 0 Å². The van der Waals surface area contributed by atoms with Gasteiger partial charge in [-0.05, 0) is 17.2 Å². The average Bonchev–Trinajstić information content (AvgIpc) is 1.59. The van der Waals surface area contributed by atoms with Gasteiger partial charge in [0.25, 0.3) is 0 Å². The zero-order valence-electron chi connectivity index (χ0n) is 6.82. The van der Waals surface area contributed by atoms with E-state index in [2.05, 4.69) is 34.3 Å². The fourth-order valence-corrected chi connectivity index (χ4v) is 1.02. The average molecular weight is 144 g/mol. The van der Waals surface area contributed by atoms with Crippen LogP contribution in [0, 0.1) is 5.41 Å².